The molecule has 2 aromatic rings. The molecule has 102 valence electrons. The van der Waals surface area contributed by atoms with Crippen molar-refractivity contribution in [3.05, 3.63) is 40.1 Å². The topological polar surface area (TPSA) is 29.9 Å². The average molecular weight is 275 g/mol. The lowest BCUT2D eigenvalue weighted by molar-refractivity contribution is 0.462. The molecular formula is C15H21N3S. The maximum absolute atomic E-state index is 4.37. The van der Waals surface area contributed by atoms with Gasteiger partial charge >= 0.3 is 0 Å². The van der Waals surface area contributed by atoms with E-state index in [1.54, 1.807) is 11.3 Å². The Morgan fingerprint density at radius 3 is 3.21 bits per heavy atom. The van der Waals surface area contributed by atoms with Crippen molar-refractivity contribution in [2.24, 2.45) is 0 Å². The number of hydrogen-bond donors (Lipinski definition) is 1. The zero-order valence-electron chi connectivity index (χ0n) is 11.4. The van der Waals surface area contributed by atoms with Crippen molar-refractivity contribution in [3.8, 4) is 0 Å². The van der Waals surface area contributed by atoms with Gasteiger partial charge in [-0.15, -0.1) is 11.3 Å². The van der Waals surface area contributed by atoms with Crippen LogP contribution >= 0.6 is 11.3 Å². The zero-order chi connectivity index (χ0) is 13.1. The summed E-state index contributed by atoms with van der Waals surface area (Å²) in [5, 5.41) is 6.90. The van der Waals surface area contributed by atoms with Crippen LogP contribution in [-0.4, -0.2) is 16.1 Å². The Hall–Kier alpha value is -1.13. The van der Waals surface area contributed by atoms with Crippen LogP contribution in [0.1, 0.15) is 48.4 Å². The number of nitrogens with one attached hydrogen (secondary N) is 1. The number of thiazole rings is 1. The summed E-state index contributed by atoms with van der Waals surface area (Å²) in [6.07, 6.45) is 11.5. The number of rotatable bonds is 5. The Bertz CT molecular complexity index is 515. The van der Waals surface area contributed by atoms with E-state index in [4.69, 9.17) is 0 Å². The van der Waals surface area contributed by atoms with Gasteiger partial charge in [0.25, 0.3) is 0 Å². The van der Waals surface area contributed by atoms with Crippen LogP contribution in [0.25, 0.3) is 0 Å². The van der Waals surface area contributed by atoms with Gasteiger partial charge in [-0.2, -0.15) is 0 Å². The Morgan fingerprint density at radius 1 is 1.47 bits per heavy atom. The van der Waals surface area contributed by atoms with Crippen LogP contribution in [0.15, 0.2) is 24.0 Å². The molecule has 0 bridgehead atoms. The van der Waals surface area contributed by atoms with Crippen molar-refractivity contribution in [1.82, 2.24) is 14.9 Å². The van der Waals surface area contributed by atoms with Gasteiger partial charge in [0.2, 0.25) is 0 Å². The van der Waals surface area contributed by atoms with E-state index in [2.05, 4.69) is 34.2 Å². The van der Waals surface area contributed by atoms with E-state index < -0.39 is 0 Å². The summed E-state index contributed by atoms with van der Waals surface area (Å²) in [5.74, 6) is 0. The van der Waals surface area contributed by atoms with Crippen LogP contribution in [-0.2, 0) is 13.0 Å². The number of nitrogens with zero attached hydrogens (tertiary/aromatic N) is 2. The highest BCUT2D eigenvalue weighted by Gasteiger charge is 2.21. The third kappa shape index (κ3) is 2.90. The van der Waals surface area contributed by atoms with Crippen molar-refractivity contribution < 1.29 is 0 Å². The molecular weight excluding hydrogens is 254 g/mol. The Labute approximate surface area is 118 Å². The molecule has 0 spiro atoms. The van der Waals surface area contributed by atoms with Crippen LogP contribution in [0.5, 0.6) is 0 Å². The van der Waals surface area contributed by atoms with Gasteiger partial charge in [-0.3, -0.25) is 0 Å². The van der Waals surface area contributed by atoms with Crippen LogP contribution < -0.4 is 5.32 Å². The number of aromatic nitrogens is 2. The summed E-state index contributed by atoms with van der Waals surface area (Å²) in [7, 11) is 0. The minimum absolute atomic E-state index is 0.557. The molecule has 0 fully saturated rings. The van der Waals surface area contributed by atoms with E-state index in [0.717, 1.165) is 13.1 Å². The van der Waals surface area contributed by atoms with Crippen LogP contribution in [0.3, 0.4) is 0 Å². The van der Waals surface area contributed by atoms with Crippen LogP contribution in [0.4, 0.5) is 0 Å². The number of aryl methyl sites for hydroxylation is 1. The summed E-state index contributed by atoms with van der Waals surface area (Å²) in [4.78, 5) is 4.37. The molecule has 4 heteroatoms. The Balaban J connectivity index is 1.77. The number of fused-ring (bicyclic) bond motifs is 1. The van der Waals surface area contributed by atoms with Gasteiger partial charge < -0.3 is 9.88 Å². The molecule has 1 N–H and O–H groups in total. The van der Waals surface area contributed by atoms with Gasteiger partial charge in [-0.25, -0.2) is 4.98 Å². The van der Waals surface area contributed by atoms with Gasteiger partial charge in [0, 0.05) is 30.0 Å². The van der Waals surface area contributed by atoms with Crippen molar-refractivity contribution in [2.45, 2.75) is 45.2 Å². The summed E-state index contributed by atoms with van der Waals surface area (Å²) >= 11 is 1.73. The van der Waals surface area contributed by atoms with Gasteiger partial charge in [0.1, 0.15) is 5.01 Å². The van der Waals surface area contributed by atoms with Crippen molar-refractivity contribution in [2.75, 3.05) is 6.54 Å². The van der Waals surface area contributed by atoms with Gasteiger partial charge in [0.15, 0.2) is 0 Å². The van der Waals surface area contributed by atoms with Crippen molar-refractivity contribution in [3.63, 3.8) is 0 Å². The second-order valence-electron chi connectivity index (χ2n) is 5.24. The molecule has 19 heavy (non-hydrogen) atoms. The minimum Gasteiger partial charge on any atom is -0.347 e. The normalized spacial score (nSPS) is 18.5. The van der Waals surface area contributed by atoms with E-state index in [9.17, 15) is 0 Å². The number of hydrogen-bond acceptors (Lipinski definition) is 3. The summed E-state index contributed by atoms with van der Waals surface area (Å²) in [6.45, 7) is 4.25. The van der Waals surface area contributed by atoms with Crippen molar-refractivity contribution in [1.29, 1.82) is 0 Å². The highest BCUT2D eigenvalue weighted by molar-refractivity contribution is 7.09. The molecule has 2 heterocycles. The molecule has 2 aromatic heterocycles. The maximum atomic E-state index is 4.37. The van der Waals surface area contributed by atoms with E-state index in [0.29, 0.717) is 6.04 Å². The molecule has 3 nitrogen and oxygen atoms in total. The third-order valence-corrected chi connectivity index (χ3v) is 4.52. The molecule has 1 unspecified atom stereocenters. The standard InChI is InChI=1S/C15H21N3S/c1-2-6-16-14-5-3-4-12-9-18(10-13(12)14)11-15-17-7-8-19-15/h7-10,14,16H,2-6,11H2,1H3. The summed E-state index contributed by atoms with van der Waals surface area (Å²) in [6, 6.07) is 0.557. The molecule has 0 aromatic carbocycles. The molecule has 1 atom stereocenters. The molecule has 1 aliphatic carbocycles. The largest absolute Gasteiger partial charge is 0.347 e. The average Bonchev–Trinajstić information content (AvgIpc) is 3.05. The molecule has 0 amide bonds. The summed E-state index contributed by atoms with van der Waals surface area (Å²) in [5.41, 5.74) is 3.03. The molecule has 3 rings (SSSR count). The van der Waals surface area contributed by atoms with Crippen LogP contribution in [0.2, 0.25) is 0 Å². The monoisotopic (exact) mass is 275 g/mol. The maximum Gasteiger partial charge on any atom is 0.112 e. The minimum atomic E-state index is 0.557. The smallest absolute Gasteiger partial charge is 0.112 e. The molecule has 0 saturated carbocycles. The first-order chi connectivity index (χ1) is 9.36. The first-order valence-corrected chi connectivity index (χ1v) is 8.05. The Morgan fingerprint density at radius 2 is 2.42 bits per heavy atom. The van der Waals surface area contributed by atoms with E-state index in [1.165, 1.54) is 41.8 Å². The lowest BCUT2D eigenvalue weighted by Gasteiger charge is -2.23. The van der Waals surface area contributed by atoms with Crippen molar-refractivity contribution >= 4 is 11.3 Å². The lowest BCUT2D eigenvalue weighted by Crippen LogP contribution is -2.24. The quantitative estimate of drug-likeness (QED) is 0.906. The highest BCUT2D eigenvalue weighted by Crippen LogP contribution is 2.30. The summed E-state index contributed by atoms with van der Waals surface area (Å²) < 4.78 is 2.30. The molecule has 1 aliphatic rings. The first kappa shape index (κ1) is 12.9. The van der Waals surface area contributed by atoms with E-state index in [1.807, 2.05) is 11.6 Å². The molecule has 0 radical (unpaired) electrons. The van der Waals surface area contributed by atoms with Gasteiger partial charge in [-0.05, 0) is 43.4 Å². The second-order valence-corrected chi connectivity index (χ2v) is 6.22. The fourth-order valence-corrected chi connectivity index (χ4v) is 3.48. The predicted molar refractivity (Wildman–Crippen MR) is 79.6 cm³/mol. The van der Waals surface area contributed by atoms with Gasteiger partial charge in [0.05, 0.1) is 6.54 Å². The highest BCUT2D eigenvalue weighted by atomic mass is 32.1. The first-order valence-electron chi connectivity index (χ1n) is 7.17. The SMILES string of the molecule is CCCNC1CCCc2cn(Cc3nccs3)cc21. The van der Waals surface area contributed by atoms with Crippen LogP contribution in [0, 0.1) is 0 Å². The second kappa shape index (κ2) is 5.88. The molecule has 0 saturated heterocycles. The van der Waals surface area contributed by atoms with E-state index >= 15 is 0 Å². The predicted octanol–water partition coefficient (Wildman–Crippen LogP) is 3.37. The van der Waals surface area contributed by atoms with E-state index in [-0.39, 0.29) is 0 Å². The molecule has 0 aliphatic heterocycles. The Kier molecular flexibility index (Phi) is 3.99. The fraction of sp³-hybridized carbons (Fsp3) is 0.533. The lowest BCUT2D eigenvalue weighted by atomic mass is 9.91. The third-order valence-electron chi connectivity index (χ3n) is 3.75. The fourth-order valence-electron chi connectivity index (χ4n) is 2.86. The zero-order valence-corrected chi connectivity index (χ0v) is 12.2. The van der Waals surface area contributed by atoms with Gasteiger partial charge in [-0.1, -0.05) is 6.92 Å².